The smallest absolute Gasteiger partial charge is 0.0599 e. The van der Waals surface area contributed by atoms with Gasteiger partial charge in [0.05, 0.1) is 16.9 Å². The standard InChI is InChI=1S/C8H14INO.C8H17NO/c9-6-10-8-4-2-1-3-7(8)5-11;1-10-6-7-4-2-3-5-8(7)9/h6-8,11H,1-5H2;7-8H,2-6,9H2,1H3/t2*7-,8-/m00/s1. The number of hydrogen-bond donors (Lipinski definition) is 2. The molecule has 2 rings (SSSR count). The van der Waals surface area contributed by atoms with Crippen molar-refractivity contribution in [2.75, 3.05) is 20.3 Å². The van der Waals surface area contributed by atoms with Gasteiger partial charge >= 0.3 is 0 Å². The SMILES string of the molecule is COC[C@@H]1CCCC[C@@H]1N.OC[C@@H]1CCCC[C@@H]1N=CI. The molecule has 0 amide bonds. The summed E-state index contributed by atoms with van der Waals surface area (Å²) in [5, 5.41) is 9.01. The van der Waals surface area contributed by atoms with Gasteiger partial charge in [-0.15, -0.1) is 0 Å². The molecule has 0 aromatic carbocycles. The molecule has 2 aliphatic rings. The van der Waals surface area contributed by atoms with Gasteiger partial charge in [0.2, 0.25) is 0 Å². The van der Waals surface area contributed by atoms with Crippen molar-refractivity contribution < 1.29 is 9.84 Å². The van der Waals surface area contributed by atoms with Crippen LogP contribution in [0.1, 0.15) is 51.4 Å². The molecule has 0 radical (unpaired) electrons. The third-order valence-electron chi connectivity index (χ3n) is 4.70. The van der Waals surface area contributed by atoms with Crippen molar-refractivity contribution in [1.29, 1.82) is 0 Å². The second-order valence-corrected chi connectivity index (χ2v) is 6.76. The monoisotopic (exact) mass is 410 g/mol. The van der Waals surface area contributed by atoms with Gasteiger partial charge in [0.1, 0.15) is 0 Å². The lowest BCUT2D eigenvalue weighted by Gasteiger charge is -2.27. The Hall–Kier alpha value is 0.280. The van der Waals surface area contributed by atoms with Crippen LogP contribution in [0, 0.1) is 11.8 Å². The van der Waals surface area contributed by atoms with E-state index in [1.54, 1.807) is 7.11 Å². The lowest BCUT2D eigenvalue weighted by Crippen LogP contribution is -2.35. The van der Waals surface area contributed by atoms with Gasteiger partial charge in [0.15, 0.2) is 0 Å². The second kappa shape index (κ2) is 11.8. The van der Waals surface area contributed by atoms with Gasteiger partial charge in [-0.2, -0.15) is 0 Å². The molecule has 0 unspecified atom stereocenters. The van der Waals surface area contributed by atoms with E-state index in [2.05, 4.69) is 27.6 Å². The van der Waals surface area contributed by atoms with Crippen molar-refractivity contribution in [3.8, 4) is 0 Å². The normalized spacial score (nSPS) is 33.5. The maximum Gasteiger partial charge on any atom is 0.0599 e. The molecule has 2 saturated carbocycles. The van der Waals surface area contributed by atoms with Crippen molar-refractivity contribution in [2.24, 2.45) is 22.6 Å². The minimum absolute atomic E-state index is 0.304. The van der Waals surface area contributed by atoms with E-state index in [0.717, 1.165) is 19.4 Å². The molecule has 2 fully saturated rings. The van der Waals surface area contributed by atoms with Crippen molar-refractivity contribution >= 4 is 26.8 Å². The minimum Gasteiger partial charge on any atom is -0.396 e. The fraction of sp³-hybridized carbons (Fsp3) is 0.938. The molecule has 124 valence electrons. The minimum atomic E-state index is 0.304. The number of halogens is 1. The van der Waals surface area contributed by atoms with Gasteiger partial charge in [0.25, 0.3) is 0 Å². The summed E-state index contributed by atoms with van der Waals surface area (Å²) in [7, 11) is 1.75. The van der Waals surface area contributed by atoms with Crippen LogP contribution in [0.15, 0.2) is 4.99 Å². The van der Waals surface area contributed by atoms with Crippen LogP contribution >= 0.6 is 22.6 Å². The molecular formula is C16H31IN2O2. The molecule has 3 N–H and O–H groups in total. The molecule has 2 aliphatic carbocycles. The highest BCUT2D eigenvalue weighted by atomic mass is 127. The molecule has 4 atom stereocenters. The molecule has 4 nitrogen and oxygen atoms in total. The largest absolute Gasteiger partial charge is 0.396 e. The lowest BCUT2D eigenvalue weighted by molar-refractivity contribution is 0.119. The Labute approximate surface area is 143 Å². The molecule has 0 aromatic heterocycles. The summed E-state index contributed by atoms with van der Waals surface area (Å²) in [6.07, 6.45) is 9.93. The lowest BCUT2D eigenvalue weighted by atomic mass is 9.85. The summed E-state index contributed by atoms with van der Waals surface area (Å²) in [5.74, 6) is 1.05. The van der Waals surface area contributed by atoms with Gasteiger partial charge in [-0.05, 0) is 54.2 Å². The zero-order chi connectivity index (χ0) is 15.5. The maximum absolute atomic E-state index is 9.01. The van der Waals surface area contributed by atoms with Crippen molar-refractivity contribution in [2.45, 2.75) is 63.5 Å². The predicted octanol–water partition coefficient (Wildman–Crippen LogP) is 3.15. The summed E-state index contributed by atoms with van der Waals surface area (Å²) < 4.78 is 6.90. The van der Waals surface area contributed by atoms with Gasteiger partial charge in [-0.1, -0.05) is 25.7 Å². The number of nitrogens with zero attached hydrogens (tertiary/aromatic N) is 1. The Kier molecular flexibility index (Phi) is 10.9. The molecule has 0 aromatic rings. The van der Waals surface area contributed by atoms with Crippen LogP contribution < -0.4 is 5.73 Å². The van der Waals surface area contributed by atoms with E-state index in [9.17, 15) is 0 Å². The Morgan fingerprint density at radius 2 is 1.76 bits per heavy atom. The molecule has 0 saturated heterocycles. The van der Waals surface area contributed by atoms with E-state index in [1.165, 1.54) is 38.5 Å². The number of nitrogens with two attached hydrogens (primary N) is 1. The van der Waals surface area contributed by atoms with Crippen molar-refractivity contribution in [1.82, 2.24) is 0 Å². The van der Waals surface area contributed by atoms with Gasteiger partial charge in [-0.25, -0.2) is 0 Å². The number of aliphatic hydroxyl groups is 1. The Balaban J connectivity index is 0.000000211. The van der Waals surface area contributed by atoms with Crippen LogP contribution in [0.3, 0.4) is 0 Å². The molecule has 0 spiro atoms. The maximum atomic E-state index is 9.01. The van der Waals surface area contributed by atoms with E-state index in [0.29, 0.717) is 30.5 Å². The number of aliphatic imine (C=N–C) groups is 1. The third-order valence-corrected chi connectivity index (χ3v) is 5.02. The first-order valence-corrected chi connectivity index (χ1v) is 9.44. The summed E-state index contributed by atoms with van der Waals surface area (Å²) in [6, 6.07) is 0.791. The van der Waals surface area contributed by atoms with Crippen LogP contribution in [0.2, 0.25) is 0 Å². The molecule has 0 heterocycles. The Morgan fingerprint density at radius 1 is 1.14 bits per heavy atom. The highest BCUT2D eigenvalue weighted by molar-refractivity contribution is 14.1. The quantitative estimate of drug-likeness (QED) is 0.553. The van der Waals surface area contributed by atoms with E-state index in [4.69, 9.17) is 15.6 Å². The van der Waals surface area contributed by atoms with Crippen LogP contribution in [0.4, 0.5) is 0 Å². The van der Waals surface area contributed by atoms with Crippen LogP contribution in [-0.2, 0) is 4.74 Å². The fourth-order valence-electron chi connectivity index (χ4n) is 3.33. The number of ether oxygens (including phenoxy) is 1. The topological polar surface area (TPSA) is 67.8 Å². The first kappa shape index (κ1) is 19.3. The van der Waals surface area contributed by atoms with E-state index in [-0.39, 0.29) is 0 Å². The highest BCUT2D eigenvalue weighted by Crippen LogP contribution is 2.26. The zero-order valence-corrected chi connectivity index (χ0v) is 15.4. The second-order valence-electron chi connectivity index (χ2n) is 6.20. The van der Waals surface area contributed by atoms with Crippen LogP contribution in [0.5, 0.6) is 0 Å². The van der Waals surface area contributed by atoms with E-state index >= 15 is 0 Å². The first-order chi connectivity index (χ1) is 10.2. The predicted molar refractivity (Wildman–Crippen MR) is 97.2 cm³/mol. The Bertz CT molecular complexity index is 287. The van der Waals surface area contributed by atoms with Gasteiger partial charge < -0.3 is 15.6 Å². The number of rotatable bonds is 4. The molecular weight excluding hydrogens is 379 g/mol. The molecule has 5 heteroatoms. The fourth-order valence-corrected chi connectivity index (χ4v) is 3.74. The number of aliphatic hydroxyl groups excluding tert-OH is 1. The van der Waals surface area contributed by atoms with Crippen molar-refractivity contribution in [3.63, 3.8) is 0 Å². The van der Waals surface area contributed by atoms with Gasteiger partial charge in [-0.3, -0.25) is 4.99 Å². The van der Waals surface area contributed by atoms with E-state index in [1.807, 2.05) is 4.22 Å². The molecule has 21 heavy (non-hydrogen) atoms. The zero-order valence-electron chi connectivity index (χ0n) is 13.2. The van der Waals surface area contributed by atoms with Gasteiger partial charge in [0, 0.05) is 25.7 Å². The van der Waals surface area contributed by atoms with Crippen molar-refractivity contribution in [3.05, 3.63) is 0 Å². The molecule has 0 bridgehead atoms. The number of hydrogen-bond acceptors (Lipinski definition) is 4. The third kappa shape index (κ3) is 7.39. The van der Waals surface area contributed by atoms with Crippen LogP contribution in [0.25, 0.3) is 0 Å². The van der Waals surface area contributed by atoms with Crippen LogP contribution in [-0.4, -0.2) is 41.7 Å². The average molecular weight is 410 g/mol. The summed E-state index contributed by atoms with van der Waals surface area (Å²) in [6.45, 7) is 1.15. The summed E-state index contributed by atoms with van der Waals surface area (Å²) in [4.78, 5) is 4.34. The summed E-state index contributed by atoms with van der Waals surface area (Å²) >= 11 is 2.14. The average Bonchev–Trinajstić information content (AvgIpc) is 2.51. The Morgan fingerprint density at radius 3 is 2.33 bits per heavy atom. The summed E-state index contributed by atoms with van der Waals surface area (Å²) in [5.41, 5.74) is 5.89. The number of methoxy groups -OCH3 is 1. The molecule has 0 aliphatic heterocycles. The first-order valence-electron chi connectivity index (χ1n) is 8.20. The highest BCUT2D eigenvalue weighted by Gasteiger charge is 2.23. The van der Waals surface area contributed by atoms with E-state index < -0.39 is 0 Å².